The standard InChI is InChI=1S/C17H33NO3/c1-5-7-9-10-11-13-17(4,12-8-6-2)18-16(20)14-21-15(3)19/h5-14H2,1-4H3,(H,18,20). The Hall–Kier alpha value is -1.06. The minimum atomic E-state index is -0.417. The Morgan fingerprint density at radius 1 is 0.952 bits per heavy atom. The molecular formula is C17H33NO3. The zero-order valence-electron chi connectivity index (χ0n) is 14.3. The van der Waals surface area contributed by atoms with Crippen LogP contribution in [0.25, 0.3) is 0 Å². The van der Waals surface area contributed by atoms with Crippen LogP contribution in [0.15, 0.2) is 0 Å². The lowest BCUT2D eigenvalue weighted by Gasteiger charge is -2.31. The Labute approximate surface area is 130 Å². The predicted octanol–water partition coefficient (Wildman–Crippen LogP) is 3.98. The molecule has 0 saturated carbocycles. The molecule has 1 atom stereocenters. The van der Waals surface area contributed by atoms with Crippen molar-refractivity contribution in [2.75, 3.05) is 6.61 Å². The maximum Gasteiger partial charge on any atom is 0.303 e. The molecule has 0 saturated heterocycles. The Kier molecular flexibility index (Phi) is 11.0. The van der Waals surface area contributed by atoms with Gasteiger partial charge in [0.2, 0.25) is 0 Å². The highest BCUT2D eigenvalue weighted by Crippen LogP contribution is 2.22. The molecule has 0 rings (SSSR count). The summed E-state index contributed by atoms with van der Waals surface area (Å²) in [5.41, 5.74) is -0.181. The molecule has 0 aliphatic rings. The topological polar surface area (TPSA) is 55.4 Å². The average Bonchev–Trinajstić information content (AvgIpc) is 2.43. The predicted molar refractivity (Wildman–Crippen MR) is 86.1 cm³/mol. The molecule has 0 aliphatic heterocycles. The maximum absolute atomic E-state index is 11.9. The number of carbonyl (C=O) groups excluding carboxylic acids is 2. The van der Waals surface area contributed by atoms with Crippen molar-refractivity contribution in [2.45, 2.75) is 91.0 Å². The molecule has 0 aliphatic carbocycles. The highest BCUT2D eigenvalue weighted by molar-refractivity contribution is 5.80. The summed E-state index contributed by atoms with van der Waals surface area (Å²) in [7, 11) is 0. The number of unbranched alkanes of at least 4 members (excludes halogenated alkanes) is 5. The summed E-state index contributed by atoms with van der Waals surface area (Å²) in [4.78, 5) is 22.6. The van der Waals surface area contributed by atoms with Gasteiger partial charge in [-0.1, -0.05) is 58.8 Å². The summed E-state index contributed by atoms with van der Waals surface area (Å²) in [6.45, 7) is 7.61. The van der Waals surface area contributed by atoms with E-state index in [4.69, 9.17) is 4.74 Å². The number of carbonyl (C=O) groups is 2. The van der Waals surface area contributed by atoms with Crippen molar-refractivity contribution in [3.8, 4) is 0 Å². The van der Waals surface area contributed by atoms with E-state index in [1.807, 2.05) is 0 Å². The fourth-order valence-corrected chi connectivity index (χ4v) is 2.48. The fraction of sp³-hybridized carbons (Fsp3) is 0.882. The Morgan fingerprint density at radius 3 is 2.10 bits per heavy atom. The van der Waals surface area contributed by atoms with Crippen LogP contribution in [0.4, 0.5) is 0 Å². The number of nitrogens with one attached hydrogen (secondary N) is 1. The van der Waals surface area contributed by atoms with Gasteiger partial charge in [0.1, 0.15) is 0 Å². The zero-order valence-corrected chi connectivity index (χ0v) is 14.3. The molecule has 0 bridgehead atoms. The quantitative estimate of drug-likeness (QED) is 0.438. The summed E-state index contributed by atoms with van der Waals surface area (Å²) in [5.74, 6) is -0.614. The van der Waals surface area contributed by atoms with Crippen LogP contribution in [-0.4, -0.2) is 24.0 Å². The number of ether oxygens (including phenoxy) is 1. The number of esters is 1. The number of hydrogen-bond acceptors (Lipinski definition) is 3. The first-order valence-corrected chi connectivity index (χ1v) is 8.38. The SMILES string of the molecule is CCCCCCCC(C)(CCCC)NC(=O)COC(C)=O. The molecule has 124 valence electrons. The third-order valence-corrected chi connectivity index (χ3v) is 3.76. The van der Waals surface area contributed by atoms with Crippen molar-refractivity contribution in [1.82, 2.24) is 5.32 Å². The smallest absolute Gasteiger partial charge is 0.303 e. The average molecular weight is 299 g/mol. The minimum absolute atomic E-state index is 0.174. The van der Waals surface area contributed by atoms with E-state index < -0.39 is 5.97 Å². The lowest BCUT2D eigenvalue weighted by atomic mass is 9.88. The van der Waals surface area contributed by atoms with Crippen LogP contribution in [0.5, 0.6) is 0 Å². The van der Waals surface area contributed by atoms with E-state index in [1.165, 1.54) is 32.6 Å². The van der Waals surface area contributed by atoms with Gasteiger partial charge in [-0.3, -0.25) is 9.59 Å². The third kappa shape index (κ3) is 11.3. The molecule has 1 unspecified atom stereocenters. The number of rotatable bonds is 12. The van der Waals surface area contributed by atoms with Crippen molar-refractivity contribution in [1.29, 1.82) is 0 Å². The van der Waals surface area contributed by atoms with Gasteiger partial charge in [-0.25, -0.2) is 0 Å². The van der Waals surface area contributed by atoms with Crippen molar-refractivity contribution >= 4 is 11.9 Å². The first kappa shape index (κ1) is 19.9. The first-order valence-electron chi connectivity index (χ1n) is 8.38. The lowest BCUT2D eigenvalue weighted by molar-refractivity contribution is -0.147. The van der Waals surface area contributed by atoms with Gasteiger partial charge >= 0.3 is 5.97 Å². The van der Waals surface area contributed by atoms with Crippen LogP contribution in [0.1, 0.15) is 85.5 Å². The van der Waals surface area contributed by atoms with Crippen LogP contribution < -0.4 is 5.32 Å². The van der Waals surface area contributed by atoms with E-state index in [0.29, 0.717) is 0 Å². The van der Waals surface area contributed by atoms with Crippen LogP contribution in [0.2, 0.25) is 0 Å². The van der Waals surface area contributed by atoms with E-state index in [2.05, 4.69) is 26.1 Å². The molecule has 0 aromatic carbocycles. The van der Waals surface area contributed by atoms with E-state index in [0.717, 1.165) is 32.1 Å². The molecular weight excluding hydrogens is 266 g/mol. The van der Waals surface area contributed by atoms with E-state index in [1.54, 1.807) is 0 Å². The van der Waals surface area contributed by atoms with E-state index in [-0.39, 0.29) is 18.1 Å². The van der Waals surface area contributed by atoms with Crippen molar-refractivity contribution < 1.29 is 14.3 Å². The van der Waals surface area contributed by atoms with Gasteiger partial charge in [0, 0.05) is 12.5 Å². The van der Waals surface area contributed by atoms with Gasteiger partial charge in [-0.2, -0.15) is 0 Å². The van der Waals surface area contributed by atoms with Gasteiger partial charge < -0.3 is 10.1 Å². The van der Waals surface area contributed by atoms with E-state index >= 15 is 0 Å². The second kappa shape index (κ2) is 11.6. The molecule has 0 aromatic rings. The molecule has 0 spiro atoms. The van der Waals surface area contributed by atoms with Gasteiger partial charge in [-0.05, 0) is 19.8 Å². The summed E-state index contributed by atoms with van der Waals surface area (Å²) in [5, 5.41) is 3.06. The van der Waals surface area contributed by atoms with Crippen LogP contribution in [0, 0.1) is 0 Å². The molecule has 4 nitrogen and oxygen atoms in total. The van der Waals surface area contributed by atoms with Crippen LogP contribution in [-0.2, 0) is 14.3 Å². The van der Waals surface area contributed by atoms with Crippen LogP contribution in [0.3, 0.4) is 0 Å². The summed E-state index contributed by atoms with van der Waals surface area (Å²) in [6.07, 6.45) is 10.3. The zero-order chi connectivity index (χ0) is 16.1. The Balaban J connectivity index is 4.24. The van der Waals surface area contributed by atoms with Crippen LogP contribution >= 0.6 is 0 Å². The largest absolute Gasteiger partial charge is 0.456 e. The summed E-state index contributed by atoms with van der Waals surface area (Å²) in [6, 6.07) is 0. The highest BCUT2D eigenvalue weighted by atomic mass is 16.5. The molecule has 0 heterocycles. The third-order valence-electron chi connectivity index (χ3n) is 3.76. The summed E-state index contributed by atoms with van der Waals surface area (Å²) >= 11 is 0. The van der Waals surface area contributed by atoms with Crippen molar-refractivity contribution in [3.05, 3.63) is 0 Å². The second-order valence-electron chi connectivity index (χ2n) is 6.16. The van der Waals surface area contributed by atoms with Gasteiger partial charge in [0.25, 0.3) is 5.91 Å². The normalized spacial score (nSPS) is 13.5. The molecule has 0 fully saturated rings. The Morgan fingerprint density at radius 2 is 1.52 bits per heavy atom. The Bertz CT molecular complexity index is 304. The minimum Gasteiger partial charge on any atom is -0.456 e. The number of hydrogen-bond donors (Lipinski definition) is 1. The van der Waals surface area contributed by atoms with Crippen molar-refractivity contribution in [2.24, 2.45) is 0 Å². The molecule has 0 radical (unpaired) electrons. The molecule has 1 N–H and O–H groups in total. The van der Waals surface area contributed by atoms with Gasteiger partial charge in [0.15, 0.2) is 6.61 Å². The molecule has 1 amide bonds. The number of amides is 1. The monoisotopic (exact) mass is 299 g/mol. The molecule has 4 heteroatoms. The molecule has 0 aromatic heterocycles. The first-order chi connectivity index (χ1) is 9.93. The second-order valence-corrected chi connectivity index (χ2v) is 6.16. The van der Waals surface area contributed by atoms with Gasteiger partial charge in [0.05, 0.1) is 0 Å². The maximum atomic E-state index is 11.9. The van der Waals surface area contributed by atoms with E-state index in [9.17, 15) is 9.59 Å². The van der Waals surface area contributed by atoms with Crippen molar-refractivity contribution in [3.63, 3.8) is 0 Å². The highest BCUT2D eigenvalue weighted by Gasteiger charge is 2.25. The lowest BCUT2D eigenvalue weighted by Crippen LogP contribution is -2.47. The fourth-order valence-electron chi connectivity index (χ4n) is 2.48. The molecule has 21 heavy (non-hydrogen) atoms. The van der Waals surface area contributed by atoms with Gasteiger partial charge in [-0.15, -0.1) is 0 Å². The summed E-state index contributed by atoms with van der Waals surface area (Å²) < 4.78 is 4.76.